The van der Waals surface area contributed by atoms with Crippen molar-refractivity contribution < 1.29 is 27.4 Å². The maximum atomic E-state index is 9.70. The van der Waals surface area contributed by atoms with Crippen LogP contribution in [0.15, 0.2) is 121 Å². The fourth-order valence-corrected chi connectivity index (χ4v) is 5.16. The van der Waals surface area contributed by atoms with Crippen LogP contribution in [0, 0.1) is 0 Å². The van der Waals surface area contributed by atoms with Gasteiger partial charge in [-0.15, -0.1) is 0 Å². The summed E-state index contributed by atoms with van der Waals surface area (Å²) in [5.41, 5.74) is -2.44. The number of benzene rings is 7. The molecule has 0 radical (unpaired) electrons. The Morgan fingerprint density at radius 2 is 1.19 bits per heavy atom. The quantitative estimate of drug-likeness (QED) is 0.159. The molecule has 174 valence electrons. The van der Waals surface area contributed by atoms with Crippen LogP contribution in [-0.2, 0) is 5.41 Å². The van der Waals surface area contributed by atoms with Crippen LogP contribution in [0.5, 0.6) is 0 Å². The Balaban J connectivity index is 1.70. The fraction of sp³-hybridized carbons (Fsp3) is 0.0811. The third kappa shape index (κ3) is 2.84. The molecule has 37 heavy (non-hydrogen) atoms. The molecule has 0 bridgehead atoms. The van der Waals surface area contributed by atoms with Gasteiger partial charge in [0.25, 0.3) is 0 Å². The maximum Gasteiger partial charge on any atom is 0.0636 e. The molecular formula is C37H26. The van der Waals surface area contributed by atoms with Crippen molar-refractivity contribution in [3.8, 4) is 22.3 Å². The summed E-state index contributed by atoms with van der Waals surface area (Å²) in [6.07, 6.45) is 0. The predicted octanol–water partition coefficient (Wildman–Crippen LogP) is 10.3. The number of hydrogen-bond donors (Lipinski definition) is 0. The summed E-state index contributed by atoms with van der Waals surface area (Å²) in [6, 6.07) is -13.5. The molecule has 0 heteroatoms. The van der Waals surface area contributed by atoms with E-state index in [1.807, 2.05) is 0 Å². The summed E-state index contributed by atoms with van der Waals surface area (Å²) >= 11 is 0. The Bertz CT molecular complexity index is 3150. The summed E-state index contributed by atoms with van der Waals surface area (Å²) in [7, 11) is 0. The summed E-state index contributed by atoms with van der Waals surface area (Å²) < 4.78 is 178. The van der Waals surface area contributed by atoms with E-state index < -0.39 is 175 Å². The molecule has 1 aliphatic carbocycles. The molecule has 0 amide bonds. The minimum Gasteiger partial charge on any atom is -0.0619 e. The Morgan fingerprint density at radius 1 is 0.459 bits per heavy atom. The summed E-state index contributed by atoms with van der Waals surface area (Å²) in [5, 5.41) is -3.55. The lowest BCUT2D eigenvalue weighted by Gasteiger charge is -2.22. The number of rotatable bonds is 1. The smallest absolute Gasteiger partial charge is 0.0619 e. The Hall–Kier alpha value is -4.42. The molecule has 0 aliphatic heterocycles. The maximum absolute atomic E-state index is 9.70. The van der Waals surface area contributed by atoms with E-state index in [0.717, 1.165) is 0 Å². The number of fused-ring (bicyclic) bond motifs is 8. The van der Waals surface area contributed by atoms with Gasteiger partial charge in [-0.05, 0) is 101 Å². The van der Waals surface area contributed by atoms with Crippen LogP contribution >= 0.6 is 0 Å². The molecule has 0 aromatic heterocycles. The summed E-state index contributed by atoms with van der Waals surface area (Å²) in [5.74, 6) is 0. The van der Waals surface area contributed by atoms with Gasteiger partial charge < -0.3 is 0 Å². The van der Waals surface area contributed by atoms with E-state index in [9.17, 15) is 9.60 Å². The van der Waals surface area contributed by atoms with Crippen molar-refractivity contribution in [2.24, 2.45) is 0 Å². The van der Waals surface area contributed by atoms with Crippen LogP contribution in [0.2, 0.25) is 0 Å². The van der Waals surface area contributed by atoms with E-state index in [1.165, 1.54) is 0 Å². The first kappa shape index (κ1) is 9.15. The molecule has 7 aromatic carbocycles. The minimum atomic E-state index is -1.36. The van der Waals surface area contributed by atoms with E-state index in [1.54, 1.807) is 13.8 Å². The van der Waals surface area contributed by atoms with E-state index in [2.05, 4.69) is 0 Å². The first-order chi connectivity index (χ1) is 26.5. The summed E-state index contributed by atoms with van der Waals surface area (Å²) in [4.78, 5) is 0. The second kappa shape index (κ2) is 7.31. The fourth-order valence-electron chi connectivity index (χ4n) is 5.16. The topological polar surface area (TPSA) is 0 Å². The molecule has 0 N–H and O–H groups in total. The van der Waals surface area contributed by atoms with Crippen LogP contribution in [-0.4, -0.2) is 0 Å². The molecule has 0 atom stereocenters. The van der Waals surface area contributed by atoms with Crippen molar-refractivity contribution in [1.29, 1.82) is 0 Å². The van der Waals surface area contributed by atoms with E-state index in [0.29, 0.717) is 0 Å². The van der Waals surface area contributed by atoms with Gasteiger partial charge in [-0.1, -0.05) is 111 Å². The highest BCUT2D eigenvalue weighted by molar-refractivity contribution is 6.20. The molecule has 1 aliphatic rings. The molecule has 0 saturated heterocycles. The zero-order chi connectivity index (χ0) is 42.1. The van der Waals surface area contributed by atoms with Gasteiger partial charge in [0.05, 0.1) is 27.4 Å². The normalized spacial score (nSPS) is 21.5. The van der Waals surface area contributed by atoms with Crippen molar-refractivity contribution in [2.75, 3.05) is 0 Å². The molecule has 0 saturated carbocycles. The van der Waals surface area contributed by atoms with Gasteiger partial charge in [-0.25, -0.2) is 0 Å². The number of hydrogen-bond acceptors (Lipinski definition) is 0. The van der Waals surface area contributed by atoms with Crippen molar-refractivity contribution >= 4 is 43.1 Å². The largest absolute Gasteiger partial charge is 0.0636 e. The molecule has 0 fully saturated rings. The van der Waals surface area contributed by atoms with E-state index in [4.69, 9.17) is 17.8 Å². The van der Waals surface area contributed by atoms with Crippen LogP contribution in [0.25, 0.3) is 65.3 Å². The van der Waals surface area contributed by atoms with Crippen molar-refractivity contribution in [3.05, 3.63) is 132 Å². The second-order valence-electron chi connectivity index (χ2n) is 9.38. The first-order valence-electron chi connectivity index (χ1n) is 21.5. The van der Waals surface area contributed by atoms with Crippen molar-refractivity contribution in [1.82, 2.24) is 0 Å². The predicted molar refractivity (Wildman–Crippen MR) is 159 cm³/mol. The standard InChI is InChI=1S/C37H26/c1-37(2)34-14-8-7-13-30(34)33-20-24-15-16-26(19-27(24)22-35(33)37)36-29-12-6-4-10-25(29)21-32-28-11-5-3-9-23(28)17-18-31(32)36/h3-22H,1-2H3/i3D,4D,5D,6D,7D,8D,9D,10D,11D,12D,13D,14D,15D,16D,17D,18D,19D,20D,21D,22D. The van der Waals surface area contributed by atoms with Crippen molar-refractivity contribution in [3.63, 3.8) is 0 Å². The van der Waals surface area contributed by atoms with Crippen LogP contribution in [0.3, 0.4) is 0 Å². The average Bonchev–Trinajstić information content (AvgIpc) is 3.42. The molecule has 0 nitrogen and oxygen atoms in total. The van der Waals surface area contributed by atoms with Gasteiger partial charge in [-0.3, -0.25) is 0 Å². The molecule has 0 spiro atoms. The first-order valence-corrected chi connectivity index (χ1v) is 11.5. The highest BCUT2D eigenvalue weighted by Gasteiger charge is 2.35. The van der Waals surface area contributed by atoms with Gasteiger partial charge in [0.1, 0.15) is 0 Å². The van der Waals surface area contributed by atoms with Crippen LogP contribution in [0.1, 0.15) is 52.4 Å². The Morgan fingerprint density at radius 3 is 2.08 bits per heavy atom. The van der Waals surface area contributed by atoms with E-state index >= 15 is 0 Å². The van der Waals surface area contributed by atoms with Gasteiger partial charge >= 0.3 is 0 Å². The average molecular weight is 491 g/mol. The zero-order valence-electron chi connectivity index (χ0n) is 39.5. The van der Waals surface area contributed by atoms with Gasteiger partial charge in [-0.2, -0.15) is 0 Å². The van der Waals surface area contributed by atoms with Crippen LogP contribution < -0.4 is 0 Å². The third-order valence-electron chi connectivity index (χ3n) is 6.94. The SMILES string of the molecule is [2H]c1c([2H])c([2H])c2c(c1[2H])-c1c(c([2H])c3c([2H])c(-c4c5c([2H])c([2H])c([2H])c([2H])c5c([2H])c5c4c([2H])c([2H])c4c([2H])c([2H])c([2H])c([2H])c45)c([2H])c([2H])c3c1[2H])C2(C)C. The van der Waals surface area contributed by atoms with Crippen LogP contribution in [0.4, 0.5) is 0 Å². The van der Waals surface area contributed by atoms with E-state index in [-0.39, 0.29) is 27.6 Å². The molecule has 0 unspecified atom stereocenters. The lowest BCUT2D eigenvalue weighted by molar-refractivity contribution is 0.661. The Labute approximate surface area is 244 Å². The lowest BCUT2D eigenvalue weighted by Crippen LogP contribution is -2.14. The molecular weight excluding hydrogens is 444 g/mol. The molecule has 8 rings (SSSR count). The Kier molecular flexibility index (Phi) is 1.81. The van der Waals surface area contributed by atoms with Gasteiger partial charge in [0.15, 0.2) is 0 Å². The molecule has 7 aromatic rings. The summed E-state index contributed by atoms with van der Waals surface area (Å²) in [6.45, 7) is 3.18. The minimum absolute atomic E-state index is 0.0355. The third-order valence-corrected chi connectivity index (χ3v) is 6.94. The second-order valence-corrected chi connectivity index (χ2v) is 9.38. The molecule has 0 heterocycles. The highest BCUT2D eigenvalue weighted by atomic mass is 14.4. The highest BCUT2D eigenvalue weighted by Crippen LogP contribution is 2.50. The lowest BCUT2D eigenvalue weighted by atomic mass is 9.81. The monoisotopic (exact) mass is 490 g/mol. The van der Waals surface area contributed by atoms with Gasteiger partial charge in [0, 0.05) is 5.41 Å². The van der Waals surface area contributed by atoms with Crippen molar-refractivity contribution in [2.45, 2.75) is 19.3 Å². The van der Waals surface area contributed by atoms with Gasteiger partial charge in [0.2, 0.25) is 0 Å². The zero-order valence-corrected chi connectivity index (χ0v) is 19.5.